The molecule has 3 N–H and O–H groups in total. The Bertz CT molecular complexity index is 1320. The molecule has 0 spiro atoms. The van der Waals surface area contributed by atoms with E-state index in [-0.39, 0.29) is 24.7 Å². The van der Waals surface area contributed by atoms with E-state index in [4.69, 9.17) is 4.74 Å². The number of fused-ring (bicyclic) bond motifs is 1. The zero-order valence-corrected chi connectivity index (χ0v) is 20.8. The van der Waals surface area contributed by atoms with Crippen LogP contribution in [0, 0.1) is 6.92 Å². The van der Waals surface area contributed by atoms with Gasteiger partial charge in [0.05, 0.1) is 23.8 Å². The number of hydrogen-bond acceptors (Lipinski definition) is 5. The van der Waals surface area contributed by atoms with Gasteiger partial charge in [-0.1, -0.05) is 43.2 Å². The molecule has 0 bridgehead atoms. The third-order valence-corrected chi connectivity index (χ3v) is 6.40. The minimum absolute atomic E-state index is 0.0736. The van der Waals surface area contributed by atoms with E-state index in [1.807, 2.05) is 35.9 Å². The topological polar surface area (TPSA) is 91.9 Å². The Morgan fingerprint density at radius 3 is 2.44 bits per heavy atom. The van der Waals surface area contributed by atoms with Gasteiger partial charge >= 0.3 is 5.97 Å². The number of esters is 1. The second-order valence-corrected chi connectivity index (χ2v) is 9.34. The molecule has 0 saturated heterocycles. The molecule has 188 valence electrons. The van der Waals surface area contributed by atoms with E-state index in [1.165, 1.54) is 0 Å². The number of phenolic OH excluding ortho intramolecular Hbond substituents is 2. The van der Waals surface area contributed by atoms with Gasteiger partial charge in [-0.15, -0.1) is 0 Å². The summed E-state index contributed by atoms with van der Waals surface area (Å²) in [6.45, 7) is 4.28. The molecule has 0 fully saturated rings. The van der Waals surface area contributed by atoms with Crippen molar-refractivity contribution in [1.29, 1.82) is 0 Å². The van der Waals surface area contributed by atoms with Crippen LogP contribution in [0.3, 0.4) is 0 Å². The Labute approximate surface area is 211 Å². The molecule has 3 aromatic carbocycles. The predicted octanol–water partition coefficient (Wildman–Crippen LogP) is 5.51. The van der Waals surface area contributed by atoms with Crippen LogP contribution in [0.25, 0.3) is 10.9 Å². The smallest absolute Gasteiger partial charge is 0.338 e. The molecule has 0 saturated carbocycles. The lowest BCUT2D eigenvalue weighted by Crippen LogP contribution is -2.21. The third kappa shape index (κ3) is 5.89. The number of aliphatic hydroxyl groups excluding tert-OH is 1. The van der Waals surface area contributed by atoms with Crippen molar-refractivity contribution < 1.29 is 24.9 Å². The van der Waals surface area contributed by atoms with Crippen molar-refractivity contribution in [3.8, 4) is 11.5 Å². The van der Waals surface area contributed by atoms with Gasteiger partial charge in [0.15, 0.2) is 0 Å². The molecule has 0 radical (unpaired) electrons. The van der Waals surface area contributed by atoms with Crippen LogP contribution in [0.1, 0.15) is 52.4 Å². The zero-order valence-electron chi connectivity index (χ0n) is 20.8. The molecule has 1 aromatic heterocycles. The van der Waals surface area contributed by atoms with E-state index in [9.17, 15) is 20.1 Å². The number of carbonyl (C=O) groups excluding carboxylic acids is 1. The molecular weight excluding hydrogens is 454 g/mol. The Balaban J connectivity index is 1.54. The molecule has 1 atom stereocenters. The number of rotatable bonds is 10. The highest BCUT2D eigenvalue weighted by molar-refractivity contribution is 5.89. The second kappa shape index (κ2) is 11.3. The summed E-state index contributed by atoms with van der Waals surface area (Å²) in [5.74, 6) is -0.324. The second-order valence-electron chi connectivity index (χ2n) is 9.34. The highest BCUT2D eigenvalue weighted by Crippen LogP contribution is 2.33. The van der Waals surface area contributed by atoms with Crippen LogP contribution in [0.4, 0.5) is 0 Å². The number of nitrogens with zero attached hydrogens (tertiary/aromatic N) is 1. The van der Waals surface area contributed by atoms with Crippen molar-refractivity contribution in [2.75, 3.05) is 6.61 Å². The number of carbonyl (C=O) groups is 1. The van der Waals surface area contributed by atoms with Gasteiger partial charge in [0.1, 0.15) is 18.1 Å². The molecule has 0 aliphatic carbocycles. The van der Waals surface area contributed by atoms with Crippen LogP contribution in [0.5, 0.6) is 11.5 Å². The maximum absolute atomic E-state index is 12.2. The fourth-order valence-electron chi connectivity index (χ4n) is 4.48. The first-order chi connectivity index (χ1) is 17.4. The summed E-state index contributed by atoms with van der Waals surface area (Å²) in [6, 6.07) is 18.2. The normalized spacial score (nSPS) is 12.1. The van der Waals surface area contributed by atoms with Gasteiger partial charge in [0.25, 0.3) is 0 Å². The highest BCUT2D eigenvalue weighted by atomic mass is 16.5. The minimum Gasteiger partial charge on any atom is -0.507 e. The van der Waals surface area contributed by atoms with E-state index in [2.05, 4.69) is 13.0 Å². The van der Waals surface area contributed by atoms with Crippen LogP contribution in [0.15, 0.2) is 66.9 Å². The number of ether oxygens (including phenoxy) is 1. The van der Waals surface area contributed by atoms with Crippen LogP contribution >= 0.6 is 0 Å². The Morgan fingerprint density at radius 1 is 1.03 bits per heavy atom. The summed E-state index contributed by atoms with van der Waals surface area (Å²) in [5, 5.41) is 32.9. The average molecular weight is 488 g/mol. The fraction of sp³-hybridized carbons (Fsp3) is 0.300. The summed E-state index contributed by atoms with van der Waals surface area (Å²) >= 11 is 0. The molecule has 1 unspecified atom stereocenters. The lowest BCUT2D eigenvalue weighted by Gasteiger charge is -2.12. The minimum atomic E-state index is -0.878. The SMILES string of the molecule is CCCCc1cc(O)c(Cn2cc(CC(O)COC(=O)c3ccccc3)c3cc(C)ccc32)c(O)c1. The van der Waals surface area contributed by atoms with Crippen molar-refractivity contribution in [2.24, 2.45) is 0 Å². The first-order valence-electron chi connectivity index (χ1n) is 12.4. The average Bonchev–Trinajstić information content (AvgIpc) is 3.19. The van der Waals surface area contributed by atoms with Crippen molar-refractivity contribution in [2.45, 2.75) is 52.2 Å². The molecule has 0 aliphatic heterocycles. The fourth-order valence-corrected chi connectivity index (χ4v) is 4.48. The van der Waals surface area contributed by atoms with Gasteiger partial charge in [-0.25, -0.2) is 4.79 Å². The largest absolute Gasteiger partial charge is 0.507 e. The summed E-state index contributed by atoms with van der Waals surface area (Å²) < 4.78 is 7.27. The van der Waals surface area contributed by atoms with Gasteiger partial charge < -0.3 is 24.6 Å². The lowest BCUT2D eigenvalue weighted by molar-refractivity contribution is 0.0259. The van der Waals surface area contributed by atoms with Crippen LogP contribution in [-0.4, -0.2) is 38.6 Å². The molecular formula is C30H33NO5. The van der Waals surface area contributed by atoms with E-state index < -0.39 is 12.1 Å². The monoisotopic (exact) mass is 487 g/mol. The number of hydrogen-bond donors (Lipinski definition) is 3. The van der Waals surface area contributed by atoms with Crippen LogP contribution in [-0.2, 0) is 24.1 Å². The van der Waals surface area contributed by atoms with E-state index in [0.717, 1.165) is 46.9 Å². The van der Waals surface area contributed by atoms with Crippen LogP contribution < -0.4 is 0 Å². The number of phenols is 2. The summed E-state index contributed by atoms with van der Waals surface area (Å²) in [7, 11) is 0. The maximum atomic E-state index is 12.2. The molecule has 0 amide bonds. The molecule has 0 aliphatic rings. The standard InChI is InChI=1S/C30H33NO5/c1-3-4-8-21-14-28(33)26(29(34)15-21)18-31-17-23(25-13-20(2)11-12-27(25)31)16-24(32)19-36-30(35)22-9-6-5-7-10-22/h5-7,9-15,17,24,32-34H,3-4,8,16,18-19H2,1-2H3. The van der Waals surface area contributed by atoms with Crippen molar-refractivity contribution in [3.63, 3.8) is 0 Å². The third-order valence-electron chi connectivity index (χ3n) is 6.40. The maximum Gasteiger partial charge on any atom is 0.338 e. The number of unbranched alkanes of at least 4 members (excludes halogenated alkanes) is 1. The van der Waals surface area contributed by atoms with Crippen molar-refractivity contribution in [1.82, 2.24) is 4.57 Å². The molecule has 36 heavy (non-hydrogen) atoms. The summed E-state index contributed by atoms with van der Waals surface area (Å²) in [4.78, 5) is 12.2. The highest BCUT2D eigenvalue weighted by Gasteiger charge is 2.18. The summed E-state index contributed by atoms with van der Waals surface area (Å²) in [6.07, 6.45) is 4.18. The molecule has 6 nitrogen and oxygen atoms in total. The van der Waals surface area contributed by atoms with Crippen LogP contribution in [0.2, 0.25) is 0 Å². The first-order valence-corrected chi connectivity index (χ1v) is 12.4. The number of aromatic hydroxyl groups is 2. The van der Waals surface area contributed by atoms with Crippen molar-refractivity contribution in [3.05, 3.63) is 94.7 Å². The quantitative estimate of drug-likeness (QED) is 0.257. The zero-order chi connectivity index (χ0) is 25.7. The summed E-state index contributed by atoms with van der Waals surface area (Å²) in [5.41, 5.74) is 4.72. The van der Waals surface area contributed by atoms with Gasteiger partial charge in [-0.2, -0.15) is 0 Å². The van der Waals surface area contributed by atoms with Gasteiger partial charge in [0.2, 0.25) is 0 Å². The molecule has 4 aromatic rings. The molecule has 4 rings (SSSR count). The number of aliphatic hydroxyl groups is 1. The molecule has 1 heterocycles. The van der Waals surface area contributed by atoms with Gasteiger partial charge in [-0.05, 0) is 67.3 Å². The Hall–Kier alpha value is -3.77. The first kappa shape index (κ1) is 25.3. The lowest BCUT2D eigenvalue weighted by atomic mass is 10.0. The predicted molar refractivity (Wildman–Crippen MR) is 141 cm³/mol. The van der Waals surface area contributed by atoms with Crippen molar-refractivity contribution >= 4 is 16.9 Å². The number of benzene rings is 3. The van der Waals surface area contributed by atoms with Gasteiger partial charge in [-0.3, -0.25) is 0 Å². The van der Waals surface area contributed by atoms with E-state index in [1.54, 1.807) is 36.4 Å². The Kier molecular flexibility index (Phi) is 7.96. The van der Waals surface area contributed by atoms with Gasteiger partial charge in [0, 0.05) is 23.5 Å². The number of aryl methyl sites for hydroxylation is 2. The molecule has 6 heteroatoms. The number of aromatic nitrogens is 1. The Morgan fingerprint density at radius 2 is 1.75 bits per heavy atom. The van der Waals surface area contributed by atoms with E-state index in [0.29, 0.717) is 17.5 Å². The van der Waals surface area contributed by atoms with E-state index >= 15 is 0 Å².